The molecule has 1 amide bonds. The molecular weight excluding hydrogens is 840 g/mol. The minimum absolute atomic E-state index is 0.0588. The van der Waals surface area contributed by atoms with Crippen LogP contribution in [0, 0.1) is 0 Å². The molecule has 3 unspecified atom stereocenters. The van der Waals surface area contributed by atoms with Crippen molar-refractivity contribution < 1.29 is 32.9 Å². The maximum absolute atomic E-state index is 13.0. The van der Waals surface area contributed by atoms with E-state index < -0.39 is 20.0 Å². The third-order valence-electron chi connectivity index (χ3n) is 13.2. The second-order valence-electron chi connectivity index (χ2n) is 21.0. The molecule has 0 spiro atoms. The Balaban J connectivity index is 4.22. The van der Waals surface area contributed by atoms with E-state index in [9.17, 15) is 19.4 Å². The van der Waals surface area contributed by atoms with Crippen LogP contribution in [0.1, 0.15) is 284 Å². The van der Waals surface area contributed by atoms with Crippen molar-refractivity contribution in [1.82, 2.24) is 5.32 Å². The number of nitrogens with zero attached hydrogens (tertiary/aromatic N) is 1. The van der Waals surface area contributed by atoms with Crippen molar-refractivity contribution >= 4 is 13.7 Å². The van der Waals surface area contributed by atoms with E-state index in [0.29, 0.717) is 17.4 Å². The second kappa shape index (κ2) is 49.0. The average Bonchev–Trinajstić information content (AvgIpc) is 3.28. The Labute approximate surface area is 411 Å². The van der Waals surface area contributed by atoms with Gasteiger partial charge in [0.05, 0.1) is 39.9 Å². The number of hydrogen-bond donors (Lipinski definition) is 3. The van der Waals surface area contributed by atoms with Crippen LogP contribution in [0.15, 0.2) is 24.3 Å². The summed E-state index contributed by atoms with van der Waals surface area (Å²) in [5.41, 5.74) is 0. The van der Waals surface area contributed by atoms with Gasteiger partial charge in [-0.15, -0.1) is 0 Å². The molecular formula is C57H114N2O6P+. The lowest BCUT2D eigenvalue weighted by atomic mass is 10.0. The fraction of sp³-hybridized carbons (Fsp3) is 0.912. The number of phosphoric acid groups is 1. The Morgan fingerprint density at radius 1 is 0.500 bits per heavy atom. The number of nitrogens with one attached hydrogen (secondary N) is 1. The van der Waals surface area contributed by atoms with Crippen molar-refractivity contribution in [1.29, 1.82) is 0 Å². The minimum atomic E-state index is -4.35. The van der Waals surface area contributed by atoms with Gasteiger partial charge in [0.2, 0.25) is 5.91 Å². The van der Waals surface area contributed by atoms with E-state index in [-0.39, 0.29) is 19.1 Å². The van der Waals surface area contributed by atoms with Crippen LogP contribution >= 0.6 is 7.82 Å². The van der Waals surface area contributed by atoms with Crippen molar-refractivity contribution in [2.24, 2.45) is 0 Å². The van der Waals surface area contributed by atoms with Crippen LogP contribution in [0.3, 0.4) is 0 Å². The number of likely N-dealkylation sites (N-methyl/N-ethyl adjacent to an activating group) is 1. The monoisotopic (exact) mass is 954 g/mol. The van der Waals surface area contributed by atoms with Gasteiger partial charge in [0.25, 0.3) is 0 Å². The summed E-state index contributed by atoms with van der Waals surface area (Å²) in [5.74, 6) is -0.181. The Bertz CT molecular complexity index is 1130. The topological polar surface area (TPSA) is 105 Å². The molecule has 0 aromatic heterocycles. The number of aliphatic hydroxyl groups excluding tert-OH is 1. The Morgan fingerprint density at radius 3 is 1.21 bits per heavy atom. The van der Waals surface area contributed by atoms with Crippen LogP contribution in [0.5, 0.6) is 0 Å². The van der Waals surface area contributed by atoms with Gasteiger partial charge in [0, 0.05) is 6.42 Å². The zero-order chi connectivity index (χ0) is 48.5. The fourth-order valence-electron chi connectivity index (χ4n) is 8.65. The zero-order valence-corrected chi connectivity index (χ0v) is 45.6. The Kier molecular flexibility index (Phi) is 48.2. The Morgan fingerprint density at radius 2 is 0.833 bits per heavy atom. The average molecular weight is 955 g/mol. The number of unbranched alkanes of at least 4 members (excludes halogenated alkanes) is 38. The van der Waals surface area contributed by atoms with Crippen molar-refractivity contribution in [2.75, 3.05) is 40.9 Å². The van der Waals surface area contributed by atoms with Crippen LogP contribution in [0.2, 0.25) is 0 Å². The lowest BCUT2D eigenvalue weighted by molar-refractivity contribution is -0.870. The van der Waals surface area contributed by atoms with E-state index in [0.717, 1.165) is 38.5 Å². The first kappa shape index (κ1) is 65.0. The summed E-state index contributed by atoms with van der Waals surface area (Å²) in [6.45, 7) is 4.84. The van der Waals surface area contributed by atoms with Gasteiger partial charge in [-0.2, -0.15) is 0 Å². The highest BCUT2D eigenvalue weighted by atomic mass is 31.2. The predicted molar refractivity (Wildman–Crippen MR) is 286 cm³/mol. The molecule has 0 aliphatic heterocycles. The zero-order valence-electron chi connectivity index (χ0n) is 44.7. The minimum Gasteiger partial charge on any atom is -0.387 e. The van der Waals surface area contributed by atoms with Gasteiger partial charge in [-0.1, -0.05) is 269 Å². The number of phosphoric ester groups is 1. The summed E-state index contributed by atoms with van der Waals surface area (Å²) >= 11 is 0. The largest absolute Gasteiger partial charge is 0.472 e. The maximum Gasteiger partial charge on any atom is 0.472 e. The maximum atomic E-state index is 13.0. The molecule has 3 atom stereocenters. The van der Waals surface area contributed by atoms with Gasteiger partial charge < -0.3 is 19.8 Å². The van der Waals surface area contributed by atoms with E-state index in [2.05, 4.69) is 31.3 Å². The van der Waals surface area contributed by atoms with Crippen molar-refractivity contribution in [2.45, 2.75) is 296 Å². The summed E-state index contributed by atoms with van der Waals surface area (Å²) in [7, 11) is 1.57. The molecule has 0 fully saturated rings. The molecule has 0 aliphatic carbocycles. The molecule has 3 N–H and O–H groups in total. The smallest absolute Gasteiger partial charge is 0.387 e. The number of amides is 1. The number of quaternary nitrogens is 1. The lowest BCUT2D eigenvalue weighted by Gasteiger charge is -2.25. The molecule has 0 rings (SSSR count). The molecule has 0 aromatic rings. The van der Waals surface area contributed by atoms with E-state index in [4.69, 9.17) is 9.05 Å². The fourth-order valence-corrected chi connectivity index (χ4v) is 9.38. The van der Waals surface area contributed by atoms with Gasteiger partial charge in [-0.25, -0.2) is 4.57 Å². The van der Waals surface area contributed by atoms with E-state index in [1.807, 2.05) is 27.2 Å². The van der Waals surface area contributed by atoms with Gasteiger partial charge >= 0.3 is 7.82 Å². The predicted octanol–water partition coefficient (Wildman–Crippen LogP) is 17.2. The van der Waals surface area contributed by atoms with Crippen LogP contribution < -0.4 is 5.32 Å². The number of hydrogen-bond acceptors (Lipinski definition) is 5. The molecule has 9 heteroatoms. The molecule has 392 valence electrons. The van der Waals surface area contributed by atoms with E-state index >= 15 is 0 Å². The van der Waals surface area contributed by atoms with Crippen LogP contribution in [0.4, 0.5) is 0 Å². The van der Waals surface area contributed by atoms with Gasteiger partial charge in [-0.05, 0) is 32.1 Å². The summed E-state index contributed by atoms with van der Waals surface area (Å²) in [6.07, 6.45) is 61.4. The number of rotatable bonds is 53. The normalized spacial score (nSPS) is 14.1. The molecule has 0 aliphatic rings. The van der Waals surface area contributed by atoms with Gasteiger partial charge in [0.1, 0.15) is 13.2 Å². The van der Waals surface area contributed by atoms with Crippen LogP contribution in [-0.2, 0) is 18.4 Å². The van der Waals surface area contributed by atoms with Crippen molar-refractivity contribution in [3.63, 3.8) is 0 Å². The molecule has 0 bridgehead atoms. The number of allylic oxidation sites excluding steroid dienone is 3. The third-order valence-corrected chi connectivity index (χ3v) is 14.2. The number of aliphatic hydroxyl groups is 1. The summed E-state index contributed by atoms with van der Waals surface area (Å²) < 4.78 is 23.7. The van der Waals surface area contributed by atoms with Crippen molar-refractivity contribution in [3.05, 3.63) is 24.3 Å². The summed E-state index contributed by atoms with van der Waals surface area (Å²) in [5, 5.41) is 13.9. The molecule has 0 saturated heterocycles. The third kappa shape index (κ3) is 50.8. The SMILES string of the molecule is CCCCCCCCCCCCCCCC/C=C/CC/C=C/C(O)C(COP(=O)(O)OCC[N+](C)(C)C)NC(=O)CCCCCCCCCCCCCCCCCCCCCCCCCC. The number of carbonyl (C=O) groups excluding carboxylic acids is 1. The lowest BCUT2D eigenvalue weighted by Crippen LogP contribution is -2.45. The first-order valence-electron chi connectivity index (χ1n) is 28.7. The van der Waals surface area contributed by atoms with Crippen LogP contribution in [-0.4, -0.2) is 73.4 Å². The summed E-state index contributed by atoms with van der Waals surface area (Å²) in [6, 6.07) is -0.860. The molecule has 0 saturated carbocycles. The van der Waals surface area contributed by atoms with Crippen molar-refractivity contribution in [3.8, 4) is 0 Å². The molecule has 66 heavy (non-hydrogen) atoms. The molecule has 8 nitrogen and oxygen atoms in total. The standard InChI is InChI=1S/C57H113N2O6P/c1-6-8-10-12-14-16-18-20-22-24-26-28-29-30-31-33-35-37-39-41-43-45-47-49-51-57(61)58-55(54-65-66(62,63)64-53-52-59(3,4)5)56(60)50-48-46-44-42-40-38-36-34-32-27-25-23-21-19-17-15-13-11-9-7-2/h40,42,48,50,55-56,60H,6-39,41,43-47,49,51-54H2,1-5H3,(H-,58,61,62,63)/p+1/b42-40+,50-48+. The highest BCUT2D eigenvalue weighted by molar-refractivity contribution is 7.47. The first-order chi connectivity index (χ1) is 32.0. The molecule has 0 heterocycles. The van der Waals surface area contributed by atoms with Gasteiger partial charge in [-0.3, -0.25) is 13.8 Å². The number of carbonyl (C=O) groups is 1. The first-order valence-corrected chi connectivity index (χ1v) is 30.2. The molecule has 0 radical (unpaired) electrons. The highest BCUT2D eigenvalue weighted by Gasteiger charge is 2.27. The molecule has 0 aromatic carbocycles. The van der Waals surface area contributed by atoms with E-state index in [1.165, 1.54) is 225 Å². The Hall–Kier alpha value is -1.02. The van der Waals surface area contributed by atoms with E-state index in [1.54, 1.807) is 6.08 Å². The second-order valence-corrected chi connectivity index (χ2v) is 22.5. The summed E-state index contributed by atoms with van der Waals surface area (Å²) in [4.78, 5) is 23.3. The van der Waals surface area contributed by atoms with Crippen LogP contribution in [0.25, 0.3) is 0 Å². The highest BCUT2D eigenvalue weighted by Crippen LogP contribution is 2.43. The quantitative estimate of drug-likeness (QED) is 0.0243. The van der Waals surface area contributed by atoms with Gasteiger partial charge in [0.15, 0.2) is 0 Å².